The molecule has 14 heavy (non-hydrogen) atoms. The zero-order valence-corrected chi connectivity index (χ0v) is 9.72. The van der Waals surface area contributed by atoms with Crippen LogP contribution in [0.25, 0.3) is 0 Å². The molecule has 0 spiro atoms. The van der Waals surface area contributed by atoms with Crippen LogP contribution >= 0.6 is 11.8 Å². The molecule has 4 heteroatoms. The lowest BCUT2D eigenvalue weighted by atomic mass is 10.1. The van der Waals surface area contributed by atoms with Crippen molar-refractivity contribution in [2.45, 2.75) is 38.8 Å². The fourth-order valence-electron chi connectivity index (χ4n) is 2.07. The highest BCUT2D eigenvalue weighted by atomic mass is 32.2. The number of hydrogen-bond acceptors (Lipinski definition) is 3. The van der Waals surface area contributed by atoms with E-state index in [0.717, 1.165) is 18.7 Å². The maximum absolute atomic E-state index is 11.0. The average Bonchev–Trinajstić information content (AvgIpc) is 2.65. The minimum atomic E-state index is -0.675. The second-order valence-corrected chi connectivity index (χ2v) is 4.76. The number of likely N-dealkylation sites (N-methyl/N-ethyl adjacent to an activating group) is 1. The third-order valence-electron chi connectivity index (χ3n) is 2.81. The molecular formula is C10H19NO2S. The number of carboxylic acid groups (broad SMARTS) is 1. The summed E-state index contributed by atoms with van der Waals surface area (Å²) in [6.07, 6.45) is 1.84. The van der Waals surface area contributed by atoms with Gasteiger partial charge in [-0.1, -0.05) is 13.8 Å². The first kappa shape index (κ1) is 11.9. The quantitative estimate of drug-likeness (QED) is 0.760. The van der Waals surface area contributed by atoms with E-state index in [1.807, 2.05) is 18.7 Å². The van der Waals surface area contributed by atoms with Gasteiger partial charge in [-0.3, -0.25) is 9.69 Å². The molecule has 0 aliphatic carbocycles. The Labute approximate surface area is 89.9 Å². The molecule has 0 amide bonds. The van der Waals surface area contributed by atoms with Gasteiger partial charge in [0.2, 0.25) is 0 Å². The van der Waals surface area contributed by atoms with Crippen LogP contribution in [0.3, 0.4) is 0 Å². The Balaban J connectivity index is 2.62. The molecule has 0 aromatic heterocycles. The van der Waals surface area contributed by atoms with Crippen LogP contribution in [0, 0.1) is 0 Å². The summed E-state index contributed by atoms with van der Waals surface area (Å²) in [5.41, 5.74) is 0. The van der Waals surface area contributed by atoms with Crippen LogP contribution in [0.4, 0.5) is 0 Å². The number of rotatable bonds is 5. The van der Waals surface area contributed by atoms with Crippen molar-refractivity contribution in [1.82, 2.24) is 4.90 Å². The fraction of sp³-hybridized carbons (Fsp3) is 0.900. The predicted octanol–water partition coefficient (Wildman–Crippen LogP) is 1.68. The first-order valence-electron chi connectivity index (χ1n) is 5.27. The Hall–Kier alpha value is -0.220. The van der Waals surface area contributed by atoms with Gasteiger partial charge in [-0.15, -0.1) is 0 Å². The highest BCUT2D eigenvalue weighted by Gasteiger charge is 2.30. The topological polar surface area (TPSA) is 40.5 Å². The highest BCUT2D eigenvalue weighted by Crippen LogP contribution is 2.24. The van der Waals surface area contributed by atoms with Crippen molar-refractivity contribution in [2.24, 2.45) is 0 Å². The minimum Gasteiger partial charge on any atom is -0.480 e. The van der Waals surface area contributed by atoms with E-state index < -0.39 is 5.97 Å². The standard InChI is InChI=1S/C10H19NO2S/c1-3-9(10(12)13)11(4-2)8-5-6-14-7-8/h8-9H,3-7H2,1-2H3,(H,12,13). The van der Waals surface area contributed by atoms with Crippen LogP contribution < -0.4 is 0 Å². The Morgan fingerprint density at radius 2 is 2.36 bits per heavy atom. The van der Waals surface area contributed by atoms with Crippen LogP contribution in [0.5, 0.6) is 0 Å². The highest BCUT2D eigenvalue weighted by molar-refractivity contribution is 7.99. The number of thioether (sulfide) groups is 1. The molecule has 3 nitrogen and oxygen atoms in total. The van der Waals surface area contributed by atoms with E-state index in [1.54, 1.807) is 0 Å². The Morgan fingerprint density at radius 3 is 2.71 bits per heavy atom. The van der Waals surface area contributed by atoms with Crippen molar-refractivity contribution in [3.05, 3.63) is 0 Å². The van der Waals surface area contributed by atoms with Gasteiger partial charge in [0.25, 0.3) is 0 Å². The summed E-state index contributed by atoms with van der Waals surface area (Å²) in [4.78, 5) is 13.2. The van der Waals surface area contributed by atoms with Crippen molar-refractivity contribution in [2.75, 3.05) is 18.1 Å². The van der Waals surface area contributed by atoms with E-state index in [0.29, 0.717) is 12.5 Å². The van der Waals surface area contributed by atoms with E-state index in [-0.39, 0.29) is 6.04 Å². The Kier molecular flexibility index (Phi) is 4.75. The summed E-state index contributed by atoms with van der Waals surface area (Å²) < 4.78 is 0. The molecule has 1 rings (SSSR count). The molecule has 1 aliphatic rings. The van der Waals surface area contributed by atoms with Crippen molar-refractivity contribution in [1.29, 1.82) is 0 Å². The van der Waals surface area contributed by atoms with Gasteiger partial charge < -0.3 is 5.11 Å². The molecule has 1 fully saturated rings. The zero-order valence-electron chi connectivity index (χ0n) is 8.90. The van der Waals surface area contributed by atoms with Gasteiger partial charge in [-0.05, 0) is 25.1 Å². The first-order chi connectivity index (χ1) is 6.70. The second-order valence-electron chi connectivity index (χ2n) is 3.61. The normalized spacial score (nSPS) is 24.1. The van der Waals surface area contributed by atoms with Crippen molar-refractivity contribution in [3.63, 3.8) is 0 Å². The number of carboxylic acids is 1. The number of aliphatic carboxylic acids is 1. The molecule has 2 atom stereocenters. The fourth-order valence-corrected chi connectivity index (χ4v) is 3.30. The van der Waals surface area contributed by atoms with E-state index in [9.17, 15) is 4.79 Å². The predicted molar refractivity (Wildman–Crippen MR) is 59.8 cm³/mol. The number of hydrogen-bond donors (Lipinski definition) is 1. The number of carbonyl (C=O) groups is 1. The van der Waals surface area contributed by atoms with Crippen LogP contribution in [0.1, 0.15) is 26.7 Å². The summed E-state index contributed by atoms with van der Waals surface area (Å²) in [6.45, 7) is 4.84. The molecule has 1 heterocycles. The van der Waals surface area contributed by atoms with Gasteiger partial charge in [0.1, 0.15) is 6.04 Å². The van der Waals surface area contributed by atoms with Crippen LogP contribution in [-0.4, -0.2) is 46.1 Å². The lowest BCUT2D eigenvalue weighted by molar-refractivity contribution is -0.144. The molecule has 0 aromatic rings. The summed E-state index contributed by atoms with van der Waals surface area (Å²) in [5.74, 6) is 1.60. The van der Waals surface area contributed by atoms with E-state index >= 15 is 0 Å². The van der Waals surface area contributed by atoms with Gasteiger partial charge in [-0.25, -0.2) is 0 Å². The monoisotopic (exact) mass is 217 g/mol. The lowest BCUT2D eigenvalue weighted by Gasteiger charge is -2.31. The zero-order chi connectivity index (χ0) is 10.6. The van der Waals surface area contributed by atoms with Crippen molar-refractivity contribution < 1.29 is 9.90 Å². The molecule has 1 aliphatic heterocycles. The molecular weight excluding hydrogens is 198 g/mol. The SMILES string of the molecule is CCC(C(=O)O)N(CC)C1CCSC1. The van der Waals surface area contributed by atoms with Crippen LogP contribution in [0.15, 0.2) is 0 Å². The van der Waals surface area contributed by atoms with E-state index in [1.165, 1.54) is 5.75 Å². The van der Waals surface area contributed by atoms with Gasteiger partial charge in [-0.2, -0.15) is 11.8 Å². The van der Waals surface area contributed by atoms with E-state index in [4.69, 9.17) is 5.11 Å². The first-order valence-corrected chi connectivity index (χ1v) is 6.42. The van der Waals surface area contributed by atoms with Crippen LogP contribution in [0.2, 0.25) is 0 Å². The van der Waals surface area contributed by atoms with Gasteiger partial charge in [0, 0.05) is 11.8 Å². The minimum absolute atomic E-state index is 0.288. The van der Waals surface area contributed by atoms with Gasteiger partial charge >= 0.3 is 5.97 Å². The maximum Gasteiger partial charge on any atom is 0.320 e. The average molecular weight is 217 g/mol. The molecule has 1 N–H and O–H groups in total. The molecule has 2 unspecified atom stereocenters. The molecule has 1 saturated heterocycles. The third-order valence-corrected chi connectivity index (χ3v) is 3.96. The summed E-state index contributed by atoms with van der Waals surface area (Å²) in [7, 11) is 0. The van der Waals surface area contributed by atoms with Crippen molar-refractivity contribution in [3.8, 4) is 0 Å². The molecule has 0 saturated carbocycles. The third kappa shape index (κ3) is 2.64. The molecule has 0 radical (unpaired) electrons. The van der Waals surface area contributed by atoms with Crippen molar-refractivity contribution >= 4 is 17.7 Å². The van der Waals surface area contributed by atoms with Gasteiger partial charge in [0.15, 0.2) is 0 Å². The Morgan fingerprint density at radius 1 is 1.64 bits per heavy atom. The number of nitrogens with zero attached hydrogens (tertiary/aromatic N) is 1. The second kappa shape index (κ2) is 5.61. The molecule has 0 aromatic carbocycles. The summed E-state index contributed by atoms with van der Waals surface area (Å²) in [5, 5.41) is 9.09. The summed E-state index contributed by atoms with van der Waals surface area (Å²) in [6, 6.07) is 0.190. The Bertz CT molecular complexity index is 193. The van der Waals surface area contributed by atoms with E-state index in [2.05, 4.69) is 11.8 Å². The smallest absolute Gasteiger partial charge is 0.320 e. The molecule has 0 bridgehead atoms. The largest absolute Gasteiger partial charge is 0.480 e. The van der Waals surface area contributed by atoms with Gasteiger partial charge in [0.05, 0.1) is 0 Å². The summed E-state index contributed by atoms with van der Waals surface area (Å²) >= 11 is 1.93. The molecule has 82 valence electrons. The maximum atomic E-state index is 11.0. The lowest BCUT2D eigenvalue weighted by Crippen LogP contribution is -2.47. The van der Waals surface area contributed by atoms with Crippen LogP contribution in [-0.2, 0) is 4.79 Å².